The summed E-state index contributed by atoms with van der Waals surface area (Å²) in [5, 5.41) is 5.59. The van der Waals surface area contributed by atoms with Crippen molar-refractivity contribution in [1.29, 1.82) is 0 Å². The van der Waals surface area contributed by atoms with Gasteiger partial charge in [-0.3, -0.25) is 4.99 Å². The maximum atomic E-state index is 4.36. The lowest BCUT2D eigenvalue weighted by Gasteiger charge is -2.23. The highest BCUT2D eigenvalue weighted by molar-refractivity contribution is 14.0. The van der Waals surface area contributed by atoms with E-state index in [1.807, 2.05) is 18.4 Å². The molecule has 0 fully saturated rings. The van der Waals surface area contributed by atoms with Crippen molar-refractivity contribution in [2.75, 3.05) is 27.2 Å². The van der Waals surface area contributed by atoms with E-state index in [1.54, 1.807) is 0 Å². The summed E-state index contributed by atoms with van der Waals surface area (Å²) < 4.78 is 0. The third-order valence-electron chi connectivity index (χ3n) is 3.23. The SMILES string of the molecule is CN=C(NCCCC(C)(C)C)N(C)CCc1cccs1.I. The highest BCUT2D eigenvalue weighted by Crippen LogP contribution is 2.19. The van der Waals surface area contributed by atoms with Crippen LogP contribution in [0.2, 0.25) is 0 Å². The standard InChI is InChI=1S/C16H29N3S.HI/c1-16(2,3)10-7-11-18-15(17-4)19(5)12-9-14-8-6-13-20-14;/h6,8,13H,7,9-12H2,1-5H3,(H,17,18);1H. The molecule has 5 heteroatoms. The van der Waals surface area contributed by atoms with Crippen molar-refractivity contribution in [2.24, 2.45) is 10.4 Å². The van der Waals surface area contributed by atoms with Gasteiger partial charge in [0, 0.05) is 32.1 Å². The number of rotatable bonds is 6. The number of guanidine groups is 1. The molecule has 0 aliphatic heterocycles. The molecule has 0 atom stereocenters. The van der Waals surface area contributed by atoms with E-state index in [-0.39, 0.29) is 24.0 Å². The van der Waals surface area contributed by atoms with Crippen LogP contribution in [0.3, 0.4) is 0 Å². The van der Waals surface area contributed by atoms with Gasteiger partial charge in [0.2, 0.25) is 0 Å². The van der Waals surface area contributed by atoms with E-state index in [0.29, 0.717) is 5.41 Å². The molecule has 1 heterocycles. The first-order chi connectivity index (χ1) is 9.42. The summed E-state index contributed by atoms with van der Waals surface area (Å²) in [7, 11) is 3.96. The fraction of sp³-hybridized carbons (Fsp3) is 0.688. The fourth-order valence-electron chi connectivity index (χ4n) is 2.04. The van der Waals surface area contributed by atoms with Gasteiger partial charge in [0.1, 0.15) is 0 Å². The number of likely N-dealkylation sites (N-methyl/N-ethyl adjacent to an activating group) is 1. The number of halogens is 1. The molecule has 0 aliphatic rings. The molecule has 1 aromatic heterocycles. The average Bonchev–Trinajstić information content (AvgIpc) is 2.88. The second-order valence-electron chi connectivity index (χ2n) is 6.39. The molecular formula is C16H30IN3S. The lowest BCUT2D eigenvalue weighted by atomic mass is 9.91. The molecule has 0 unspecified atom stereocenters. The summed E-state index contributed by atoms with van der Waals surface area (Å²) in [6.07, 6.45) is 3.49. The lowest BCUT2D eigenvalue weighted by molar-refractivity contribution is 0.363. The molecule has 1 N–H and O–H groups in total. The summed E-state index contributed by atoms with van der Waals surface area (Å²) in [5.41, 5.74) is 0.413. The lowest BCUT2D eigenvalue weighted by Crippen LogP contribution is -2.40. The Morgan fingerprint density at radius 3 is 2.62 bits per heavy atom. The van der Waals surface area contributed by atoms with E-state index in [9.17, 15) is 0 Å². The van der Waals surface area contributed by atoms with Crippen LogP contribution >= 0.6 is 35.3 Å². The van der Waals surface area contributed by atoms with Crippen LogP contribution in [-0.2, 0) is 6.42 Å². The van der Waals surface area contributed by atoms with E-state index in [0.717, 1.165) is 25.5 Å². The van der Waals surface area contributed by atoms with Crippen LogP contribution in [0.4, 0.5) is 0 Å². The maximum Gasteiger partial charge on any atom is 0.193 e. The molecule has 1 aromatic rings. The molecule has 122 valence electrons. The second kappa shape index (κ2) is 10.4. The molecule has 0 aliphatic carbocycles. The summed E-state index contributed by atoms with van der Waals surface area (Å²) in [6, 6.07) is 4.30. The molecule has 0 saturated carbocycles. The van der Waals surface area contributed by atoms with Crippen molar-refractivity contribution in [2.45, 2.75) is 40.0 Å². The van der Waals surface area contributed by atoms with Crippen LogP contribution in [0, 0.1) is 5.41 Å². The maximum absolute atomic E-state index is 4.36. The second-order valence-corrected chi connectivity index (χ2v) is 7.42. The van der Waals surface area contributed by atoms with Gasteiger partial charge in [0.25, 0.3) is 0 Å². The van der Waals surface area contributed by atoms with E-state index in [4.69, 9.17) is 0 Å². The molecule has 0 aromatic carbocycles. The van der Waals surface area contributed by atoms with Crippen molar-refractivity contribution in [3.8, 4) is 0 Å². The molecule has 0 amide bonds. The molecule has 3 nitrogen and oxygen atoms in total. The predicted molar refractivity (Wildman–Crippen MR) is 106 cm³/mol. The highest BCUT2D eigenvalue weighted by Gasteiger charge is 2.10. The smallest absolute Gasteiger partial charge is 0.193 e. The number of hydrogen-bond donors (Lipinski definition) is 1. The van der Waals surface area contributed by atoms with Crippen molar-refractivity contribution in [3.63, 3.8) is 0 Å². The number of nitrogens with one attached hydrogen (secondary N) is 1. The van der Waals surface area contributed by atoms with Crippen LogP contribution < -0.4 is 5.32 Å². The van der Waals surface area contributed by atoms with Crippen LogP contribution in [0.25, 0.3) is 0 Å². The normalized spacial score (nSPS) is 12.0. The minimum Gasteiger partial charge on any atom is -0.356 e. The van der Waals surface area contributed by atoms with Crippen molar-refractivity contribution in [3.05, 3.63) is 22.4 Å². The zero-order valence-corrected chi connectivity index (χ0v) is 17.1. The first-order valence-corrected chi connectivity index (χ1v) is 8.24. The minimum atomic E-state index is 0. The van der Waals surface area contributed by atoms with E-state index in [2.05, 4.69) is 60.5 Å². The Kier molecular flexibility index (Phi) is 10.3. The van der Waals surface area contributed by atoms with Gasteiger partial charge in [0.05, 0.1) is 0 Å². The Bertz CT molecular complexity index is 396. The van der Waals surface area contributed by atoms with Crippen LogP contribution in [0.5, 0.6) is 0 Å². The molecular weight excluding hydrogens is 393 g/mol. The summed E-state index contributed by atoms with van der Waals surface area (Å²) in [4.78, 5) is 7.99. The average molecular weight is 423 g/mol. The summed E-state index contributed by atoms with van der Waals surface area (Å²) >= 11 is 1.82. The Morgan fingerprint density at radius 2 is 2.10 bits per heavy atom. The van der Waals surface area contributed by atoms with Crippen LogP contribution in [0.1, 0.15) is 38.5 Å². The number of hydrogen-bond acceptors (Lipinski definition) is 2. The largest absolute Gasteiger partial charge is 0.356 e. The van der Waals surface area contributed by atoms with Gasteiger partial charge in [0.15, 0.2) is 5.96 Å². The third kappa shape index (κ3) is 9.34. The highest BCUT2D eigenvalue weighted by atomic mass is 127. The van der Waals surface area contributed by atoms with E-state index < -0.39 is 0 Å². The van der Waals surface area contributed by atoms with E-state index in [1.165, 1.54) is 17.7 Å². The first kappa shape index (κ1) is 20.7. The Morgan fingerprint density at radius 1 is 1.38 bits per heavy atom. The number of nitrogens with zero attached hydrogens (tertiary/aromatic N) is 2. The van der Waals surface area contributed by atoms with Gasteiger partial charge in [-0.15, -0.1) is 35.3 Å². The monoisotopic (exact) mass is 423 g/mol. The molecule has 21 heavy (non-hydrogen) atoms. The van der Waals surface area contributed by atoms with Gasteiger partial charge in [-0.05, 0) is 36.1 Å². The van der Waals surface area contributed by atoms with Crippen LogP contribution in [-0.4, -0.2) is 38.0 Å². The van der Waals surface area contributed by atoms with Crippen molar-refractivity contribution in [1.82, 2.24) is 10.2 Å². The summed E-state index contributed by atoms with van der Waals surface area (Å²) in [5.74, 6) is 0.996. The quantitative estimate of drug-likeness (QED) is 0.321. The Hall–Kier alpha value is -0.300. The Labute approximate surface area is 151 Å². The summed E-state index contributed by atoms with van der Waals surface area (Å²) in [6.45, 7) is 8.85. The van der Waals surface area contributed by atoms with E-state index >= 15 is 0 Å². The Balaban J connectivity index is 0.00000400. The zero-order chi connectivity index (χ0) is 15.0. The van der Waals surface area contributed by atoms with Gasteiger partial charge in [-0.25, -0.2) is 0 Å². The molecule has 0 spiro atoms. The molecule has 1 rings (SSSR count). The van der Waals surface area contributed by atoms with Crippen molar-refractivity contribution >= 4 is 41.3 Å². The van der Waals surface area contributed by atoms with Gasteiger partial charge < -0.3 is 10.2 Å². The number of thiophene rings is 1. The van der Waals surface area contributed by atoms with Crippen LogP contribution in [0.15, 0.2) is 22.5 Å². The zero-order valence-electron chi connectivity index (χ0n) is 14.0. The topological polar surface area (TPSA) is 27.6 Å². The number of aliphatic imine (C=N–C) groups is 1. The fourth-order valence-corrected chi connectivity index (χ4v) is 2.74. The predicted octanol–water partition coefficient (Wildman–Crippen LogP) is 4.24. The van der Waals surface area contributed by atoms with Crippen molar-refractivity contribution < 1.29 is 0 Å². The first-order valence-electron chi connectivity index (χ1n) is 7.36. The van der Waals surface area contributed by atoms with Gasteiger partial charge >= 0.3 is 0 Å². The minimum absolute atomic E-state index is 0. The molecule has 0 saturated heterocycles. The molecule has 0 radical (unpaired) electrons. The third-order valence-corrected chi connectivity index (χ3v) is 4.17. The van der Waals surface area contributed by atoms with Gasteiger partial charge in [-0.2, -0.15) is 0 Å². The van der Waals surface area contributed by atoms with Gasteiger partial charge in [-0.1, -0.05) is 26.8 Å². The molecule has 0 bridgehead atoms.